The van der Waals surface area contributed by atoms with Gasteiger partial charge in [0.2, 0.25) is 0 Å². The van der Waals surface area contributed by atoms with Gasteiger partial charge >= 0.3 is 23.9 Å². The van der Waals surface area contributed by atoms with E-state index in [0.29, 0.717) is 18.4 Å². The molecule has 9 heteroatoms. The first kappa shape index (κ1) is 33.1. The van der Waals surface area contributed by atoms with Gasteiger partial charge in [-0.3, -0.25) is 19.2 Å². The summed E-state index contributed by atoms with van der Waals surface area (Å²) in [5.41, 5.74) is 6.51. The van der Waals surface area contributed by atoms with Crippen LogP contribution in [-0.2, 0) is 23.9 Å². The average Bonchev–Trinajstić information content (AvgIpc) is 2.83. The molecule has 1 aromatic carbocycles. The number of unbranched alkanes of at least 4 members (excludes halogenated alkanes) is 4. The Morgan fingerprint density at radius 1 is 0.842 bits per heavy atom. The summed E-state index contributed by atoms with van der Waals surface area (Å²) in [5.74, 6) is -3.05. The topological polar surface area (TPSA) is 142 Å². The molecular weight excluding hydrogens is 490 g/mol. The third-order valence-electron chi connectivity index (χ3n) is 6.02. The summed E-state index contributed by atoms with van der Waals surface area (Å²) in [6.45, 7) is 9.54. The first-order valence-electron chi connectivity index (χ1n) is 13.7. The monoisotopic (exact) mass is 535 g/mol. The summed E-state index contributed by atoms with van der Waals surface area (Å²) in [6, 6.07) is 3.26. The molecule has 0 bridgehead atoms. The number of aliphatic carboxylic acids is 1. The summed E-state index contributed by atoms with van der Waals surface area (Å²) in [5, 5.41) is 9.65. The molecule has 0 aliphatic heterocycles. The average molecular weight is 536 g/mol. The Morgan fingerprint density at radius 2 is 1.39 bits per heavy atom. The predicted octanol–water partition coefficient (Wildman–Crippen LogP) is 5.52. The molecule has 3 N–H and O–H groups in total. The number of carboxylic acids is 1. The molecule has 0 saturated carbocycles. The van der Waals surface area contributed by atoms with Crippen LogP contribution in [0.5, 0.6) is 11.5 Å². The second-order valence-corrected chi connectivity index (χ2v) is 10.2. The van der Waals surface area contributed by atoms with Crippen LogP contribution in [0.25, 0.3) is 0 Å². The van der Waals surface area contributed by atoms with Gasteiger partial charge in [0.15, 0.2) is 11.5 Å². The van der Waals surface area contributed by atoms with E-state index in [1.54, 1.807) is 13.0 Å². The Morgan fingerprint density at radius 3 is 1.89 bits per heavy atom. The molecule has 1 aromatic rings. The largest absolute Gasteiger partial charge is 0.480 e. The van der Waals surface area contributed by atoms with E-state index in [4.69, 9.17) is 19.9 Å². The van der Waals surface area contributed by atoms with Crippen LogP contribution in [0.15, 0.2) is 18.2 Å². The smallest absolute Gasteiger partial charge is 0.321 e. The maximum Gasteiger partial charge on any atom is 0.321 e. The van der Waals surface area contributed by atoms with Gasteiger partial charge in [0.05, 0.1) is 6.10 Å². The van der Waals surface area contributed by atoms with Crippen LogP contribution in [0, 0.1) is 5.92 Å². The van der Waals surface area contributed by atoms with Crippen LogP contribution in [0.1, 0.15) is 110 Å². The van der Waals surface area contributed by atoms with E-state index in [1.807, 2.05) is 27.7 Å². The van der Waals surface area contributed by atoms with E-state index >= 15 is 0 Å². The molecule has 2 unspecified atom stereocenters. The maximum absolute atomic E-state index is 12.5. The fraction of sp³-hybridized carbons (Fsp3) is 0.655. The van der Waals surface area contributed by atoms with Crippen molar-refractivity contribution in [1.82, 2.24) is 0 Å². The number of nitrogens with two attached hydrogens (primary N) is 1. The third-order valence-corrected chi connectivity index (χ3v) is 6.02. The van der Waals surface area contributed by atoms with Crippen molar-refractivity contribution in [2.45, 2.75) is 117 Å². The molecule has 0 spiro atoms. The van der Waals surface area contributed by atoms with Crippen LogP contribution in [0.3, 0.4) is 0 Å². The Labute approximate surface area is 226 Å². The Kier molecular flexibility index (Phi) is 15.3. The van der Waals surface area contributed by atoms with Crippen LogP contribution in [0.4, 0.5) is 0 Å². The SMILES string of the molecule is CCCCCC(=O)Oc1ccc(C(CC(C)OC(=O)CC(C)C)[C@H](N)C(=O)O)cc1OC(=O)CCCCC. The summed E-state index contributed by atoms with van der Waals surface area (Å²) < 4.78 is 16.5. The molecule has 3 atom stereocenters. The zero-order valence-electron chi connectivity index (χ0n) is 23.5. The Hall–Kier alpha value is -2.94. The molecule has 1 rings (SSSR count). The molecule has 0 fully saturated rings. The van der Waals surface area contributed by atoms with E-state index in [-0.39, 0.29) is 49.1 Å². The van der Waals surface area contributed by atoms with Crippen molar-refractivity contribution in [3.05, 3.63) is 23.8 Å². The highest BCUT2D eigenvalue weighted by Crippen LogP contribution is 2.35. The van der Waals surface area contributed by atoms with Gasteiger partial charge < -0.3 is 25.1 Å². The Balaban J connectivity index is 3.25. The van der Waals surface area contributed by atoms with E-state index in [1.165, 1.54) is 12.1 Å². The van der Waals surface area contributed by atoms with Crippen LogP contribution >= 0.6 is 0 Å². The highest BCUT2D eigenvalue weighted by molar-refractivity contribution is 5.77. The highest BCUT2D eigenvalue weighted by Gasteiger charge is 2.30. The third kappa shape index (κ3) is 12.5. The van der Waals surface area contributed by atoms with Crippen molar-refractivity contribution >= 4 is 23.9 Å². The number of hydrogen-bond acceptors (Lipinski definition) is 8. The van der Waals surface area contributed by atoms with Gasteiger partial charge in [-0.05, 0) is 49.8 Å². The molecule has 0 aromatic heterocycles. The van der Waals surface area contributed by atoms with Crippen molar-refractivity contribution in [3.63, 3.8) is 0 Å². The highest BCUT2D eigenvalue weighted by atomic mass is 16.6. The van der Waals surface area contributed by atoms with E-state index in [2.05, 4.69) is 0 Å². The minimum atomic E-state index is -1.31. The van der Waals surface area contributed by atoms with E-state index in [9.17, 15) is 24.3 Å². The quantitative estimate of drug-likeness (QED) is 0.141. The van der Waals surface area contributed by atoms with Gasteiger partial charge in [-0.1, -0.05) is 59.4 Å². The van der Waals surface area contributed by atoms with Gasteiger partial charge in [-0.2, -0.15) is 0 Å². The van der Waals surface area contributed by atoms with Gasteiger partial charge in [-0.15, -0.1) is 0 Å². The van der Waals surface area contributed by atoms with Gasteiger partial charge in [0, 0.05) is 25.2 Å². The van der Waals surface area contributed by atoms with Crippen molar-refractivity contribution in [3.8, 4) is 11.5 Å². The number of hydrogen-bond donors (Lipinski definition) is 2. The molecule has 0 saturated heterocycles. The van der Waals surface area contributed by atoms with Crippen molar-refractivity contribution in [2.24, 2.45) is 11.7 Å². The molecular formula is C29H45NO8. The number of carboxylic acid groups (broad SMARTS) is 1. The van der Waals surface area contributed by atoms with Crippen molar-refractivity contribution in [1.29, 1.82) is 0 Å². The Bertz CT molecular complexity index is 914. The normalized spacial score (nSPS) is 13.4. The van der Waals surface area contributed by atoms with Crippen LogP contribution in [0.2, 0.25) is 0 Å². The predicted molar refractivity (Wildman–Crippen MR) is 144 cm³/mol. The van der Waals surface area contributed by atoms with Crippen LogP contribution < -0.4 is 15.2 Å². The number of benzene rings is 1. The zero-order valence-corrected chi connectivity index (χ0v) is 23.5. The zero-order chi connectivity index (χ0) is 28.7. The minimum absolute atomic E-state index is 0.0277. The number of carbonyl (C=O) groups is 4. The van der Waals surface area contributed by atoms with E-state index < -0.39 is 36.0 Å². The summed E-state index contributed by atoms with van der Waals surface area (Å²) >= 11 is 0. The molecule has 38 heavy (non-hydrogen) atoms. The molecule has 9 nitrogen and oxygen atoms in total. The first-order valence-corrected chi connectivity index (χ1v) is 13.7. The van der Waals surface area contributed by atoms with Crippen molar-refractivity contribution < 1.29 is 38.5 Å². The number of rotatable bonds is 18. The number of esters is 3. The fourth-order valence-corrected chi connectivity index (χ4v) is 3.98. The first-order chi connectivity index (χ1) is 18.0. The molecule has 0 amide bonds. The lowest BCUT2D eigenvalue weighted by molar-refractivity contribution is -0.149. The van der Waals surface area contributed by atoms with Gasteiger partial charge in [-0.25, -0.2) is 0 Å². The molecule has 0 aliphatic carbocycles. The number of ether oxygens (including phenoxy) is 3. The summed E-state index contributed by atoms with van der Waals surface area (Å²) in [6.07, 6.45) is 5.21. The fourth-order valence-electron chi connectivity index (χ4n) is 3.98. The second kappa shape index (κ2) is 17.5. The summed E-state index contributed by atoms with van der Waals surface area (Å²) in [7, 11) is 0. The van der Waals surface area contributed by atoms with Gasteiger partial charge in [0.1, 0.15) is 6.04 Å². The second-order valence-electron chi connectivity index (χ2n) is 10.2. The van der Waals surface area contributed by atoms with Crippen molar-refractivity contribution in [2.75, 3.05) is 0 Å². The number of carbonyl (C=O) groups excluding carboxylic acids is 3. The molecule has 0 aliphatic rings. The van der Waals surface area contributed by atoms with Gasteiger partial charge in [0.25, 0.3) is 0 Å². The van der Waals surface area contributed by atoms with Crippen LogP contribution in [-0.4, -0.2) is 41.1 Å². The lowest BCUT2D eigenvalue weighted by Crippen LogP contribution is -2.38. The minimum Gasteiger partial charge on any atom is -0.480 e. The lowest BCUT2D eigenvalue weighted by atomic mass is 9.87. The maximum atomic E-state index is 12.5. The van der Waals surface area contributed by atoms with E-state index in [0.717, 1.165) is 25.7 Å². The summed E-state index contributed by atoms with van der Waals surface area (Å²) in [4.78, 5) is 48.8. The molecule has 0 heterocycles. The lowest BCUT2D eigenvalue weighted by Gasteiger charge is -2.25. The molecule has 214 valence electrons. The molecule has 0 radical (unpaired) electrons. The standard InChI is InChI=1S/C29H45NO8/c1-6-8-10-12-25(31)37-23-15-14-21(18-24(23)38-26(32)13-11-9-7-2)22(28(30)29(34)35)17-20(5)36-27(33)16-19(3)4/h14-15,18-20,22,28H,6-13,16-17,30H2,1-5H3,(H,34,35)/t20?,22?,28-/m0/s1.